The number of anilines is 3. The van der Waals surface area contributed by atoms with E-state index < -0.39 is 5.91 Å². The molecule has 0 heterocycles. The number of nitrogen functional groups attached to an aromatic ring is 1. The normalized spacial score (nSPS) is 10.7. The van der Waals surface area contributed by atoms with Crippen LogP contribution in [0.5, 0.6) is 5.75 Å². The molecule has 0 saturated carbocycles. The molecule has 0 fully saturated rings. The lowest BCUT2D eigenvalue weighted by atomic mass is 10.2. The summed E-state index contributed by atoms with van der Waals surface area (Å²) in [7, 11) is 1.49. The summed E-state index contributed by atoms with van der Waals surface area (Å²) in [6.45, 7) is 0. The van der Waals surface area contributed by atoms with Gasteiger partial charge < -0.3 is 21.1 Å². The van der Waals surface area contributed by atoms with E-state index in [0.29, 0.717) is 32.9 Å². The zero-order valence-electron chi connectivity index (χ0n) is 13.1. The van der Waals surface area contributed by atoms with Crippen LogP contribution in [0.15, 0.2) is 48.2 Å². The highest BCUT2D eigenvalue weighted by atomic mass is 35.5. The number of carbonyl (C=O) groups is 1. The smallest absolute Gasteiger partial charge is 0.267 e. The molecule has 0 unspecified atom stereocenters. The Labute approximate surface area is 154 Å². The predicted molar refractivity (Wildman–Crippen MR) is 99.8 cm³/mol. The fraction of sp³-hybridized carbons (Fsp3) is 0.0588. The highest BCUT2D eigenvalue weighted by molar-refractivity contribution is 6.33. The van der Waals surface area contributed by atoms with E-state index in [1.165, 1.54) is 19.4 Å². The van der Waals surface area contributed by atoms with Gasteiger partial charge in [0.05, 0.1) is 22.8 Å². The van der Waals surface area contributed by atoms with E-state index in [1.807, 2.05) is 6.07 Å². The number of nitrogens with two attached hydrogens (primary N) is 1. The number of rotatable bonds is 5. The van der Waals surface area contributed by atoms with Crippen molar-refractivity contribution in [1.29, 1.82) is 5.26 Å². The molecule has 0 aliphatic carbocycles. The molecule has 8 heteroatoms. The molecule has 1 amide bonds. The maximum atomic E-state index is 12.2. The van der Waals surface area contributed by atoms with Gasteiger partial charge in [0.25, 0.3) is 5.91 Å². The second-order valence-corrected chi connectivity index (χ2v) is 5.67. The first kappa shape index (κ1) is 18.5. The summed E-state index contributed by atoms with van der Waals surface area (Å²) in [6, 6.07) is 11.4. The largest absolute Gasteiger partial charge is 0.495 e. The summed E-state index contributed by atoms with van der Waals surface area (Å²) in [4.78, 5) is 12.2. The highest BCUT2D eigenvalue weighted by Crippen LogP contribution is 2.27. The molecule has 0 aliphatic rings. The zero-order chi connectivity index (χ0) is 18.4. The molecule has 6 nitrogen and oxygen atoms in total. The van der Waals surface area contributed by atoms with Gasteiger partial charge in [-0.15, -0.1) is 0 Å². The number of nitriles is 1. The Morgan fingerprint density at radius 2 is 2.00 bits per heavy atom. The van der Waals surface area contributed by atoms with Crippen molar-refractivity contribution in [2.75, 3.05) is 23.5 Å². The van der Waals surface area contributed by atoms with Crippen molar-refractivity contribution in [3.05, 3.63) is 58.2 Å². The quantitative estimate of drug-likeness (QED) is 0.415. The summed E-state index contributed by atoms with van der Waals surface area (Å²) in [5.41, 5.74) is 6.93. The third kappa shape index (κ3) is 4.80. The molecule has 0 aliphatic heterocycles. The van der Waals surface area contributed by atoms with Gasteiger partial charge in [0.2, 0.25) is 0 Å². The fourth-order valence-corrected chi connectivity index (χ4v) is 2.39. The second-order valence-electron chi connectivity index (χ2n) is 4.86. The van der Waals surface area contributed by atoms with Crippen LogP contribution in [-0.2, 0) is 4.79 Å². The molecule has 0 atom stereocenters. The van der Waals surface area contributed by atoms with Gasteiger partial charge in [-0.3, -0.25) is 4.79 Å². The third-order valence-corrected chi connectivity index (χ3v) is 3.75. The topological polar surface area (TPSA) is 100 Å². The molecule has 0 aromatic heterocycles. The van der Waals surface area contributed by atoms with Crippen LogP contribution in [0.25, 0.3) is 0 Å². The van der Waals surface area contributed by atoms with E-state index >= 15 is 0 Å². The summed E-state index contributed by atoms with van der Waals surface area (Å²) < 4.78 is 5.04. The van der Waals surface area contributed by atoms with E-state index in [2.05, 4.69) is 10.6 Å². The first-order chi connectivity index (χ1) is 11.9. The van der Waals surface area contributed by atoms with Crippen LogP contribution < -0.4 is 21.1 Å². The van der Waals surface area contributed by atoms with Crippen LogP contribution in [0.1, 0.15) is 0 Å². The fourth-order valence-electron chi connectivity index (χ4n) is 1.89. The van der Waals surface area contributed by atoms with E-state index in [4.69, 9.17) is 33.7 Å². The first-order valence-corrected chi connectivity index (χ1v) is 7.77. The zero-order valence-corrected chi connectivity index (χ0v) is 14.7. The van der Waals surface area contributed by atoms with Crippen LogP contribution in [0.3, 0.4) is 0 Å². The number of nitrogens with zero attached hydrogens (tertiary/aromatic N) is 1. The number of amides is 1. The van der Waals surface area contributed by atoms with Gasteiger partial charge in [-0.2, -0.15) is 5.26 Å². The molecule has 0 bridgehead atoms. The van der Waals surface area contributed by atoms with Crippen LogP contribution in [-0.4, -0.2) is 13.0 Å². The lowest BCUT2D eigenvalue weighted by molar-refractivity contribution is -0.112. The van der Waals surface area contributed by atoms with Crippen molar-refractivity contribution < 1.29 is 9.53 Å². The Morgan fingerprint density at radius 1 is 1.24 bits per heavy atom. The summed E-state index contributed by atoms with van der Waals surface area (Å²) in [5, 5.41) is 15.3. The average Bonchev–Trinajstić information content (AvgIpc) is 2.57. The maximum absolute atomic E-state index is 12.2. The molecule has 2 aromatic rings. The number of hydrogen-bond acceptors (Lipinski definition) is 5. The molecule has 0 radical (unpaired) electrons. The number of carbonyl (C=O) groups excluding carboxylic acids is 1. The van der Waals surface area contributed by atoms with Crippen molar-refractivity contribution in [1.82, 2.24) is 0 Å². The van der Waals surface area contributed by atoms with Crippen molar-refractivity contribution in [3.63, 3.8) is 0 Å². The number of nitrogens with one attached hydrogen (secondary N) is 2. The van der Waals surface area contributed by atoms with Crippen LogP contribution in [0.4, 0.5) is 17.1 Å². The van der Waals surface area contributed by atoms with E-state index in [9.17, 15) is 10.1 Å². The number of methoxy groups -OCH3 is 1. The molecule has 2 aromatic carbocycles. The van der Waals surface area contributed by atoms with Gasteiger partial charge in [0.1, 0.15) is 17.4 Å². The summed E-state index contributed by atoms with van der Waals surface area (Å²) in [5.74, 6) is -0.113. The standard InChI is InChI=1S/C17H14Cl2N4O2/c1-25-16-5-3-12(7-14(16)19)23-17(24)10(8-20)9-22-15-4-2-11(21)6-13(15)18/h2-7,9,22H,21H2,1H3,(H,23,24)/b10-9-. The Bertz CT molecular complexity index is 875. The predicted octanol–water partition coefficient (Wildman–Crippen LogP) is 4.04. The molecular weight excluding hydrogens is 363 g/mol. The van der Waals surface area contributed by atoms with Gasteiger partial charge in [-0.1, -0.05) is 23.2 Å². The second kappa shape index (κ2) is 8.29. The van der Waals surface area contributed by atoms with Crippen molar-refractivity contribution in [2.45, 2.75) is 0 Å². The molecule has 0 spiro atoms. The number of hydrogen-bond donors (Lipinski definition) is 3. The Hall–Kier alpha value is -2.88. The van der Waals surface area contributed by atoms with E-state index in [0.717, 1.165) is 0 Å². The van der Waals surface area contributed by atoms with E-state index in [-0.39, 0.29) is 5.57 Å². The van der Waals surface area contributed by atoms with Crippen LogP contribution in [0.2, 0.25) is 10.0 Å². The number of benzene rings is 2. The van der Waals surface area contributed by atoms with Gasteiger partial charge >= 0.3 is 0 Å². The van der Waals surface area contributed by atoms with Crippen molar-refractivity contribution in [3.8, 4) is 11.8 Å². The van der Waals surface area contributed by atoms with E-state index in [1.54, 1.807) is 30.3 Å². The van der Waals surface area contributed by atoms with Gasteiger partial charge in [-0.25, -0.2) is 0 Å². The Balaban J connectivity index is 2.12. The summed E-state index contributed by atoms with van der Waals surface area (Å²) >= 11 is 12.0. The molecule has 4 N–H and O–H groups in total. The van der Waals surface area contributed by atoms with Gasteiger partial charge in [0.15, 0.2) is 0 Å². The first-order valence-electron chi connectivity index (χ1n) is 7.01. The summed E-state index contributed by atoms with van der Waals surface area (Å²) in [6.07, 6.45) is 1.26. The lowest BCUT2D eigenvalue weighted by Crippen LogP contribution is -2.14. The van der Waals surface area contributed by atoms with Gasteiger partial charge in [0, 0.05) is 17.6 Å². The monoisotopic (exact) mass is 376 g/mol. The minimum atomic E-state index is -0.595. The minimum Gasteiger partial charge on any atom is -0.495 e. The Kier molecular flexibility index (Phi) is 6.12. The number of halogens is 2. The molecule has 25 heavy (non-hydrogen) atoms. The molecule has 2 rings (SSSR count). The SMILES string of the molecule is COc1ccc(NC(=O)/C(C#N)=C\Nc2ccc(N)cc2Cl)cc1Cl. The maximum Gasteiger partial charge on any atom is 0.267 e. The third-order valence-electron chi connectivity index (χ3n) is 3.14. The average molecular weight is 377 g/mol. The van der Waals surface area contributed by atoms with Crippen LogP contribution in [0, 0.1) is 11.3 Å². The van der Waals surface area contributed by atoms with Gasteiger partial charge in [-0.05, 0) is 36.4 Å². The van der Waals surface area contributed by atoms with Crippen molar-refractivity contribution >= 4 is 46.2 Å². The lowest BCUT2D eigenvalue weighted by Gasteiger charge is -2.08. The van der Waals surface area contributed by atoms with Crippen LogP contribution >= 0.6 is 23.2 Å². The molecular formula is C17H14Cl2N4O2. The van der Waals surface area contributed by atoms with Crippen molar-refractivity contribution in [2.24, 2.45) is 0 Å². The minimum absolute atomic E-state index is 0.139. The highest BCUT2D eigenvalue weighted by Gasteiger charge is 2.11. The number of ether oxygens (including phenoxy) is 1. The molecule has 128 valence electrons. The molecule has 0 saturated heterocycles. The Morgan fingerprint density at radius 3 is 2.60 bits per heavy atom.